The predicted octanol–water partition coefficient (Wildman–Crippen LogP) is 4.50. The number of hydrogen-bond donors (Lipinski definition) is 3. The molecule has 1 fully saturated rings. The molecule has 4 heterocycles. The minimum atomic E-state index is -4.77. The van der Waals surface area contributed by atoms with Gasteiger partial charge in [0.15, 0.2) is 17.5 Å². The van der Waals surface area contributed by atoms with Crippen LogP contribution in [0.5, 0.6) is 0 Å². The zero-order valence-corrected chi connectivity index (χ0v) is 24.1. The van der Waals surface area contributed by atoms with E-state index in [2.05, 4.69) is 36.1 Å². The maximum atomic E-state index is 15.0. The normalized spacial score (nSPS) is 22.9. The van der Waals surface area contributed by atoms with Crippen LogP contribution in [0.3, 0.4) is 0 Å². The lowest BCUT2D eigenvalue weighted by molar-refractivity contribution is -0.210. The SMILES string of the molecule is Cc1nc([C@@H]2O[C@H](CO)[C@H](O)[C@H](n3cc(-c4cc5scnc5c(F)c4F)cn3)[C@H]2O)n(-c2cc(Br)ccc2C(F)(F)F)n1. The average Bonchev–Trinajstić information content (AvgIpc) is 3.70. The number of fused-ring (bicyclic) bond motifs is 1. The lowest BCUT2D eigenvalue weighted by Crippen LogP contribution is -2.53. The summed E-state index contributed by atoms with van der Waals surface area (Å²) in [6, 6.07) is 3.29. The molecule has 0 radical (unpaired) electrons. The Morgan fingerprint density at radius 1 is 1.12 bits per heavy atom. The molecule has 1 saturated heterocycles. The van der Waals surface area contributed by atoms with Gasteiger partial charge in [-0.05, 0) is 31.2 Å². The number of alkyl halides is 3. The molecular formula is C26H20BrF5N6O4S. The molecule has 43 heavy (non-hydrogen) atoms. The molecule has 0 amide bonds. The number of aliphatic hydroxyl groups excluding tert-OH is 3. The van der Waals surface area contributed by atoms with Crippen molar-refractivity contribution in [3.05, 3.63) is 75.5 Å². The van der Waals surface area contributed by atoms with Crippen molar-refractivity contribution in [1.82, 2.24) is 29.5 Å². The molecule has 2 aromatic carbocycles. The van der Waals surface area contributed by atoms with Crippen LogP contribution in [0.2, 0.25) is 0 Å². The van der Waals surface area contributed by atoms with E-state index in [1.54, 1.807) is 0 Å². The number of aromatic nitrogens is 6. The van der Waals surface area contributed by atoms with Crippen molar-refractivity contribution in [3.8, 4) is 16.8 Å². The number of thiazole rings is 1. The van der Waals surface area contributed by atoms with E-state index in [1.165, 1.54) is 43.0 Å². The molecule has 0 unspecified atom stereocenters. The van der Waals surface area contributed by atoms with Crippen LogP contribution >= 0.6 is 27.3 Å². The van der Waals surface area contributed by atoms with Gasteiger partial charge in [-0.3, -0.25) is 4.68 Å². The summed E-state index contributed by atoms with van der Waals surface area (Å²) in [4.78, 5) is 8.05. The Hall–Kier alpha value is -3.35. The maximum Gasteiger partial charge on any atom is 0.418 e. The fourth-order valence-electron chi connectivity index (χ4n) is 5.13. The number of halogens is 6. The van der Waals surface area contributed by atoms with Crippen molar-refractivity contribution in [2.75, 3.05) is 6.61 Å². The number of ether oxygens (including phenoxy) is 1. The predicted molar refractivity (Wildman–Crippen MR) is 145 cm³/mol. The van der Waals surface area contributed by atoms with Gasteiger partial charge < -0.3 is 20.1 Å². The van der Waals surface area contributed by atoms with Crippen LogP contribution in [-0.2, 0) is 10.9 Å². The van der Waals surface area contributed by atoms with Crippen LogP contribution in [0.25, 0.3) is 27.0 Å². The molecular weight excluding hydrogens is 667 g/mol. The Labute approximate surface area is 251 Å². The number of aryl methyl sites for hydroxylation is 1. The lowest BCUT2D eigenvalue weighted by atomic mass is 9.92. The van der Waals surface area contributed by atoms with Crippen molar-refractivity contribution in [1.29, 1.82) is 0 Å². The van der Waals surface area contributed by atoms with Crippen molar-refractivity contribution < 1.29 is 42.0 Å². The van der Waals surface area contributed by atoms with Gasteiger partial charge in [0.05, 0.1) is 34.3 Å². The summed E-state index contributed by atoms with van der Waals surface area (Å²) in [5, 5.41) is 40.8. The Bertz CT molecular complexity index is 1830. The van der Waals surface area contributed by atoms with E-state index in [9.17, 15) is 37.3 Å². The molecule has 1 aliphatic heterocycles. The average molecular weight is 687 g/mol. The number of hydrogen-bond acceptors (Lipinski definition) is 9. The molecule has 0 bridgehead atoms. The minimum Gasteiger partial charge on any atom is -0.394 e. The first-order chi connectivity index (χ1) is 20.4. The largest absolute Gasteiger partial charge is 0.418 e. The molecule has 1 aliphatic rings. The number of rotatable bonds is 5. The highest BCUT2D eigenvalue weighted by Crippen LogP contribution is 2.41. The molecule has 10 nitrogen and oxygen atoms in total. The van der Waals surface area contributed by atoms with E-state index in [-0.39, 0.29) is 28.3 Å². The first-order valence-corrected chi connectivity index (χ1v) is 14.2. The molecule has 5 atom stereocenters. The van der Waals surface area contributed by atoms with Gasteiger partial charge in [-0.15, -0.1) is 11.3 Å². The number of aliphatic hydroxyl groups is 3. The van der Waals surface area contributed by atoms with E-state index in [1.807, 2.05) is 0 Å². The summed E-state index contributed by atoms with van der Waals surface area (Å²) in [6.07, 6.45) is -8.44. The maximum absolute atomic E-state index is 15.0. The molecule has 0 spiro atoms. The van der Waals surface area contributed by atoms with Crippen molar-refractivity contribution in [2.24, 2.45) is 0 Å². The molecule has 6 rings (SSSR count). The summed E-state index contributed by atoms with van der Waals surface area (Å²) < 4.78 is 79.9. The first-order valence-electron chi connectivity index (χ1n) is 12.6. The van der Waals surface area contributed by atoms with Crippen molar-refractivity contribution in [2.45, 2.75) is 43.6 Å². The van der Waals surface area contributed by atoms with Gasteiger partial charge in [0.2, 0.25) is 0 Å². The Balaban J connectivity index is 1.43. The third-order valence-corrected chi connectivity index (χ3v) is 8.37. The Morgan fingerprint density at radius 3 is 2.60 bits per heavy atom. The van der Waals surface area contributed by atoms with E-state index in [0.717, 1.165) is 26.8 Å². The molecule has 3 aromatic heterocycles. The molecule has 5 aromatic rings. The minimum absolute atomic E-state index is 0.0551. The molecule has 0 aliphatic carbocycles. The zero-order valence-electron chi connectivity index (χ0n) is 21.7. The first kappa shape index (κ1) is 29.7. The fourth-order valence-corrected chi connectivity index (χ4v) is 6.19. The Kier molecular flexibility index (Phi) is 7.58. The van der Waals surface area contributed by atoms with E-state index >= 15 is 0 Å². The quantitative estimate of drug-likeness (QED) is 0.231. The fraction of sp³-hybridized carbons (Fsp3) is 0.308. The monoisotopic (exact) mass is 686 g/mol. The van der Waals surface area contributed by atoms with Crippen LogP contribution in [0, 0.1) is 18.6 Å². The van der Waals surface area contributed by atoms with Crippen LogP contribution in [-0.4, -0.2) is 69.8 Å². The van der Waals surface area contributed by atoms with Gasteiger partial charge in [0, 0.05) is 21.8 Å². The van der Waals surface area contributed by atoms with Crippen LogP contribution < -0.4 is 0 Å². The standard InChI is InChI=1S/C26H20BrF5N6O4S/c1-10-35-25(38(36-10)15-4-12(27)2-3-14(15)26(30,31)32)24-23(41)21(22(40)16(8-39)42-24)37-7-11(6-34-37)13-5-17-20(33-9-43-17)19(29)18(13)28/h2-7,9,16,21-24,39-41H,8H2,1H3/t16-,21+,22+,23-,24-/m1/s1. The van der Waals surface area contributed by atoms with Crippen LogP contribution in [0.4, 0.5) is 22.0 Å². The summed E-state index contributed by atoms with van der Waals surface area (Å²) in [6.45, 7) is 0.693. The summed E-state index contributed by atoms with van der Waals surface area (Å²) in [5.74, 6) is -2.50. The second-order valence-electron chi connectivity index (χ2n) is 9.80. The van der Waals surface area contributed by atoms with Gasteiger partial charge in [-0.1, -0.05) is 15.9 Å². The zero-order chi connectivity index (χ0) is 30.8. The molecule has 3 N–H and O–H groups in total. The van der Waals surface area contributed by atoms with E-state index in [0.29, 0.717) is 9.17 Å². The van der Waals surface area contributed by atoms with Gasteiger partial charge in [-0.25, -0.2) is 23.4 Å². The highest BCUT2D eigenvalue weighted by molar-refractivity contribution is 9.10. The lowest BCUT2D eigenvalue weighted by Gasteiger charge is -2.42. The van der Waals surface area contributed by atoms with Crippen molar-refractivity contribution >= 4 is 37.5 Å². The highest BCUT2D eigenvalue weighted by Gasteiger charge is 2.48. The van der Waals surface area contributed by atoms with Crippen LogP contribution in [0.1, 0.15) is 29.4 Å². The summed E-state index contributed by atoms with van der Waals surface area (Å²) in [5.41, 5.74) is -0.230. The van der Waals surface area contributed by atoms with Crippen molar-refractivity contribution in [3.63, 3.8) is 0 Å². The number of nitrogens with zero attached hydrogens (tertiary/aromatic N) is 6. The molecule has 17 heteroatoms. The third kappa shape index (κ3) is 5.12. The third-order valence-electron chi connectivity index (χ3n) is 7.10. The van der Waals surface area contributed by atoms with E-state index in [4.69, 9.17) is 4.74 Å². The highest BCUT2D eigenvalue weighted by atomic mass is 79.9. The Morgan fingerprint density at radius 2 is 1.88 bits per heavy atom. The van der Waals surface area contributed by atoms with Crippen LogP contribution in [0.15, 0.2) is 46.6 Å². The van der Waals surface area contributed by atoms with Gasteiger partial charge in [0.25, 0.3) is 0 Å². The number of benzene rings is 2. The summed E-state index contributed by atoms with van der Waals surface area (Å²) >= 11 is 4.27. The van der Waals surface area contributed by atoms with Gasteiger partial charge >= 0.3 is 6.18 Å². The summed E-state index contributed by atoms with van der Waals surface area (Å²) in [7, 11) is 0. The smallest absolute Gasteiger partial charge is 0.394 e. The topological polar surface area (TPSA) is 131 Å². The molecule has 0 saturated carbocycles. The van der Waals surface area contributed by atoms with E-state index < -0.39 is 66.1 Å². The molecule has 226 valence electrons. The second-order valence-corrected chi connectivity index (χ2v) is 11.6. The second kappa shape index (κ2) is 11.0. The van der Waals surface area contributed by atoms with Gasteiger partial charge in [0.1, 0.15) is 41.8 Å². The van der Waals surface area contributed by atoms with Gasteiger partial charge in [-0.2, -0.15) is 23.4 Å².